The molecule has 1 saturated heterocycles. The van der Waals surface area contributed by atoms with Gasteiger partial charge in [0.2, 0.25) is 5.95 Å². The fourth-order valence-electron chi connectivity index (χ4n) is 3.27. The van der Waals surface area contributed by atoms with Gasteiger partial charge in [-0.05, 0) is 49.0 Å². The predicted octanol–water partition coefficient (Wildman–Crippen LogP) is 3.08. The van der Waals surface area contributed by atoms with Crippen LogP contribution in [0.25, 0.3) is 0 Å². The number of allylic oxidation sites excluding steroid dienone is 1. The van der Waals surface area contributed by atoms with E-state index in [1.807, 2.05) is 12.4 Å². The second-order valence-electron chi connectivity index (χ2n) is 5.87. The van der Waals surface area contributed by atoms with E-state index in [0.29, 0.717) is 0 Å². The average molecular weight is 257 g/mol. The Morgan fingerprint density at radius 2 is 2.00 bits per heavy atom. The minimum atomic E-state index is 0.802. The van der Waals surface area contributed by atoms with Gasteiger partial charge >= 0.3 is 0 Å². The van der Waals surface area contributed by atoms with Crippen LogP contribution in [0.5, 0.6) is 0 Å². The van der Waals surface area contributed by atoms with Crippen molar-refractivity contribution in [1.29, 1.82) is 0 Å². The summed E-state index contributed by atoms with van der Waals surface area (Å²) in [4.78, 5) is 11.3. The second-order valence-corrected chi connectivity index (χ2v) is 5.87. The van der Waals surface area contributed by atoms with Gasteiger partial charge in [-0.1, -0.05) is 13.0 Å². The molecule has 0 amide bonds. The van der Waals surface area contributed by atoms with Crippen LogP contribution < -0.4 is 4.90 Å². The summed E-state index contributed by atoms with van der Waals surface area (Å²) in [5, 5.41) is 0. The van der Waals surface area contributed by atoms with Crippen LogP contribution in [0, 0.1) is 17.8 Å². The topological polar surface area (TPSA) is 29.0 Å². The van der Waals surface area contributed by atoms with Crippen LogP contribution >= 0.6 is 0 Å². The van der Waals surface area contributed by atoms with Gasteiger partial charge in [-0.3, -0.25) is 0 Å². The molecule has 0 N–H and O–H groups in total. The first-order valence-corrected chi connectivity index (χ1v) is 7.50. The molecule has 2 atom stereocenters. The first-order valence-electron chi connectivity index (χ1n) is 7.50. The third-order valence-corrected chi connectivity index (χ3v) is 4.72. The second kappa shape index (κ2) is 5.32. The van der Waals surface area contributed by atoms with E-state index >= 15 is 0 Å². The molecule has 0 aromatic carbocycles. The van der Waals surface area contributed by atoms with Gasteiger partial charge < -0.3 is 4.90 Å². The molecule has 3 rings (SSSR count). The Kier molecular flexibility index (Phi) is 3.54. The zero-order chi connectivity index (χ0) is 13.2. The maximum Gasteiger partial charge on any atom is 0.225 e. The van der Waals surface area contributed by atoms with Gasteiger partial charge in [-0.2, -0.15) is 0 Å². The van der Waals surface area contributed by atoms with E-state index in [-0.39, 0.29) is 0 Å². The molecule has 0 bridgehead atoms. The number of rotatable bonds is 4. The lowest BCUT2D eigenvalue weighted by atomic mass is 9.91. The smallest absolute Gasteiger partial charge is 0.225 e. The number of hydrogen-bond donors (Lipinski definition) is 0. The van der Waals surface area contributed by atoms with E-state index in [0.717, 1.165) is 43.2 Å². The molecule has 0 spiro atoms. The van der Waals surface area contributed by atoms with Crippen molar-refractivity contribution in [3.8, 4) is 0 Å². The molecule has 1 aromatic heterocycles. The van der Waals surface area contributed by atoms with Crippen LogP contribution in [0.4, 0.5) is 5.95 Å². The molecule has 2 heterocycles. The van der Waals surface area contributed by atoms with Gasteiger partial charge in [0.15, 0.2) is 0 Å². The fraction of sp³-hybridized carbons (Fsp3) is 0.625. The van der Waals surface area contributed by atoms with Gasteiger partial charge in [0.05, 0.1) is 0 Å². The van der Waals surface area contributed by atoms with Crippen molar-refractivity contribution in [3.05, 3.63) is 30.6 Å². The van der Waals surface area contributed by atoms with Crippen molar-refractivity contribution in [2.24, 2.45) is 17.8 Å². The van der Waals surface area contributed by atoms with Gasteiger partial charge in [-0.25, -0.2) is 9.97 Å². The minimum Gasteiger partial charge on any atom is -0.341 e. The highest BCUT2D eigenvalue weighted by Crippen LogP contribution is 2.48. The molecule has 102 valence electrons. The highest BCUT2D eigenvalue weighted by Gasteiger charge is 2.41. The number of aryl methyl sites for hydroxylation is 1. The van der Waals surface area contributed by atoms with Crippen molar-refractivity contribution < 1.29 is 0 Å². The minimum absolute atomic E-state index is 0.802. The molecule has 3 heteroatoms. The van der Waals surface area contributed by atoms with Crippen LogP contribution in [0.2, 0.25) is 0 Å². The molecule has 3 nitrogen and oxygen atoms in total. The van der Waals surface area contributed by atoms with Crippen molar-refractivity contribution >= 4 is 5.95 Å². The number of nitrogens with zero attached hydrogens (tertiary/aromatic N) is 3. The summed E-state index contributed by atoms with van der Waals surface area (Å²) >= 11 is 0. The third-order valence-electron chi connectivity index (χ3n) is 4.72. The van der Waals surface area contributed by atoms with Crippen LogP contribution in [0.1, 0.15) is 31.7 Å². The summed E-state index contributed by atoms with van der Waals surface area (Å²) in [5.74, 6) is 3.53. The number of hydrogen-bond acceptors (Lipinski definition) is 3. The Labute approximate surface area is 115 Å². The molecule has 19 heavy (non-hydrogen) atoms. The lowest BCUT2D eigenvalue weighted by Gasteiger charge is -2.32. The molecule has 1 aliphatic heterocycles. The molecular weight excluding hydrogens is 234 g/mol. The monoisotopic (exact) mass is 257 g/mol. The fourth-order valence-corrected chi connectivity index (χ4v) is 3.27. The summed E-state index contributed by atoms with van der Waals surface area (Å²) in [5.41, 5.74) is 1.21. The standard InChI is InChI=1S/C16H23N3/c1-3-12-10-17-16(18-11-12)19-7-5-14(6-8-19)15-9-13(15)4-2/h4,10-11,13-15H,2-3,5-9H2,1H3/t13-,15+/m1/s1. The van der Waals surface area contributed by atoms with Crippen molar-refractivity contribution in [1.82, 2.24) is 9.97 Å². The summed E-state index contributed by atoms with van der Waals surface area (Å²) in [6.07, 6.45) is 11.0. The highest BCUT2D eigenvalue weighted by atomic mass is 15.2. The van der Waals surface area contributed by atoms with Gasteiger partial charge in [0, 0.05) is 25.5 Å². The lowest BCUT2D eigenvalue weighted by Crippen LogP contribution is -2.35. The first-order chi connectivity index (χ1) is 9.31. The van der Waals surface area contributed by atoms with E-state index in [4.69, 9.17) is 0 Å². The van der Waals surface area contributed by atoms with E-state index in [2.05, 4.69) is 34.4 Å². The molecule has 1 aromatic rings. The van der Waals surface area contributed by atoms with Gasteiger partial charge in [-0.15, -0.1) is 6.58 Å². The largest absolute Gasteiger partial charge is 0.341 e. The summed E-state index contributed by atoms with van der Waals surface area (Å²) in [6.45, 7) is 8.27. The van der Waals surface area contributed by atoms with E-state index in [1.165, 1.54) is 24.8 Å². The Morgan fingerprint density at radius 3 is 2.53 bits per heavy atom. The van der Waals surface area contributed by atoms with Crippen LogP contribution in [0.15, 0.2) is 25.0 Å². The molecular formula is C16H23N3. The molecule has 1 aliphatic carbocycles. The first kappa shape index (κ1) is 12.6. The average Bonchev–Trinajstić information content (AvgIpc) is 3.27. The molecule has 2 aliphatic rings. The third kappa shape index (κ3) is 2.65. The van der Waals surface area contributed by atoms with Crippen molar-refractivity contribution in [2.45, 2.75) is 32.6 Å². The molecule has 2 fully saturated rings. The van der Waals surface area contributed by atoms with E-state index in [1.54, 1.807) is 0 Å². The predicted molar refractivity (Wildman–Crippen MR) is 78.1 cm³/mol. The quantitative estimate of drug-likeness (QED) is 0.776. The van der Waals surface area contributed by atoms with Crippen LogP contribution in [0.3, 0.4) is 0 Å². The number of piperidine rings is 1. The molecule has 0 radical (unpaired) electrons. The van der Waals surface area contributed by atoms with E-state index < -0.39 is 0 Å². The molecule has 0 unspecified atom stereocenters. The maximum atomic E-state index is 4.49. The number of anilines is 1. The number of aromatic nitrogens is 2. The van der Waals surface area contributed by atoms with Gasteiger partial charge in [0.1, 0.15) is 0 Å². The van der Waals surface area contributed by atoms with Crippen LogP contribution in [-0.2, 0) is 6.42 Å². The zero-order valence-corrected chi connectivity index (χ0v) is 11.8. The maximum absolute atomic E-state index is 4.49. The lowest BCUT2D eigenvalue weighted by molar-refractivity contribution is 0.352. The summed E-state index contributed by atoms with van der Waals surface area (Å²) in [7, 11) is 0. The molecule has 1 saturated carbocycles. The summed E-state index contributed by atoms with van der Waals surface area (Å²) in [6, 6.07) is 0. The Morgan fingerprint density at radius 1 is 1.32 bits per heavy atom. The van der Waals surface area contributed by atoms with Crippen LogP contribution in [-0.4, -0.2) is 23.1 Å². The van der Waals surface area contributed by atoms with Gasteiger partial charge in [0.25, 0.3) is 0 Å². The highest BCUT2D eigenvalue weighted by molar-refractivity contribution is 5.30. The normalized spacial score (nSPS) is 27.3. The zero-order valence-electron chi connectivity index (χ0n) is 11.8. The van der Waals surface area contributed by atoms with Crippen molar-refractivity contribution in [3.63, 3.8) is 0 Å². The Bertz CT molecular complexity index is 432. The SMILES string of the molecule is C=C[C@@H]1C[C@@H]1C1CCN(c2ncc(CC)cn2)CC1. The van der Waals surface area contributed by atoms with E-state index in [9.17, 15) is 0 Å². The Balaban J connectivity index is 1.56. The summed E-state index contributed by atoms with van der Waals surface area (Å²) < 4.78 is 0. The van der Waals surface area contributed by atoms with Crippen molar-refractivity contribution in [2.75, 3.05) is 18.0 Å². The Hall–Kier alpha value is -1.38.